The molecule has 4 atom stereocenters. The standard InChI is InChI=1S/C47H66N10O6S/c1-9-55-40-13-12-31-21-34(40)36(43(55)35-22-32(25-48-42(35)30(2)61-8)54-17-15-53(7)16-18-54)24-47(3,4)29-63-45(59)37-11-10-14-57(51-37)44(58)38(23-41-49-39(31)28-64-41)50-46(60)56-19-20-62-27-33(56)26-52(5)6/h12-13,21-22,25,28,30,33,37-38,51H,9-11,14-20,23-24,26-27,29H2,1-8H3,(H,50,60)/t30-,33-,37-,38-/m0/s1. The Bertz CT molecular complexity index is 2320. The number of aryl methyl sites for hydroxylation is 1. The third-order valence-corrected chi connectivity index (χ3v) is 14.0. The number of esters is 1. The second kappa shape index (κ2) is 19.4. The Balaban J connectivity index is 1.23. The molecule has 16 nitrogen and oxygen atoms in total. The predicted octanol–water partition coefficient (Wildman–Crippen LogP) is 4.81. The number of hydrazine groups is 1. The van der Waals surface area contributed by atoms with Crippen molar-refractivity contribution in [1.82, 2.24) is 45.0 Å². The number of ether oxygens (including phenoxy) is 3. The fraction of sp³-hybridized carbons (Fsp3) is 0.596. The molecule has 346 valence electrons. The van der Waals surface area contributed by atoms with Gasteiger partial charge in [0.2, 0.25) is 0 Å². The summed E-state index contributed by atoms with van der Waals surface area (Å²) in [6.45, 7) is 15.4. The molecular weight excluding hydrogens is 833 g/mol. The number of hydrogen-bond acceptors (Lipinski definition) is 13. The monoisotopic (exact) mass is 898 g/mol. The quantitative estimate of drug-likeness (QED) is 0.234. The number of methoxy groups -OCH3 is 1. The third kappa shape index (κ3) is 9.80. The summed E-state index contributed by atoms with van der Waals surface area (Å²) in [7, 11) is 7.82. The summed E-state index contributed by atoms with van der Waals surface area (Å²) >= 11 is 1.47. The maximum Gasteiger partial charge on any atom is 0.324 e. The summed E-state index contributed by atoms with van der Waals surface area (Å²) in [5.41, 5.74) is 10.7. The van der Waals surface area contributed by atoms with Gasteiger partial charge in [0.05, 0.1) is 65.9 Å². The Morgan fingerprint density at radius 3 is 2.67 bits per heavy atom. The number of morpholine rings is 1. The van der Waals surface area contributed by atoms with E-state index in [-0.39, 0.29) is 37.1 Å². The molecule has 8 rings (SSSR count). The summed E-state index contributed by atoms with van der Waals surface area (Å²) in [5.74, 6) is -0.732. The van der Waals surface area contributed by atoms with Gasteiger partial charge in [-0.3, -0.25) is 19.6 Å². The summed E-state index contributed by atoms with van der Waals surface area (Å²) in [6, 6.07) is 6.67. The molecule has 3 saturated heterocycles. The highest BCUT2D eigenvalue weighted by Crippen LogP contribution is 2.43. The first kappa shape index (κ1) is 45.9. The number of carbonyl (C=O) groups excluding carboxylic acids is 3. The van der Waals surface area contributed by atoms with Crippen LogP contribution >= 0.6 is 11.3 Å². The molecule has 4 aromatic rings. The van der Waals surface area contributed by atoms with Crippen LogP contribution in [-0.4, -0.2) is 164 Å². The van der Waals surface area contributed by atoms with Crippen LogP contribution in [0.15, 0.2) is 35.8 Å². The van der Waals surface area contributed by atoms with Crippen molar-refractivity contribution in [3.63, 3.8) is 0 Å². The fourth-order valence-electron chi connectivity index (χ4n) is 9.56. The van der Waals surface area contributed by atoms with Crippen LogP contribution in [0.3, 0.4) is 0 Å². The number of piperazine rings is 1. The van der Waals surface area contributed by atoms with Crippen molar-refractivity contribution in [3.8, 4) is 22.5 Å². The topological polar surface area (TPSA) is 150 Å². The largest absolute Gasteiger partial charge is 0.464 e. The van der Waals surface area contributed by atoms with E-state index in [1.165, 1.54) is 16.3 Å². The van der Waals surface area contributed by atoms with E-state index in [1.807, 2.05) is 37.5 Å². The van der Waals surface area contributed by atoms with Crippen LogP contribution in [0.2, 0.25) is 0 Å². The lowest BCUT2D eigenvalue weighted by Crippen LogP contribution is -2.63. The number of fused-ring (bicyclic) bond motifs is 6. The number of anilines is 1. The van der Waals surface area contributed by atoms with E-state index in [4.69, 9.17) is 24.2 Å². The molecule has 2 N–H and O–H groups in total. The van der Waals surface area contributed by atoms with Gasteiger partial charge in [-0.15, -0.1) is 11.3 Å². The van der Waals surface area contributed by atoms with Gasteiger partial charge in [-0.2, -0.15) is 0 Å². The van der Waals surface area contributed by atoms with Crippen molar-refractivity contribution in [2.75, 3.05) is 98.8 Å². The van der Waals surface area contributed by atoms with Gasteiger partial charge in [-0.1, -0.05) is 19.9 Å². The Morgan fingerprint density at radius 1 is 1.12 bits per heavy atom. The number of pyridine rings is 1. The van der Waals surface area contributed by atoms with Gasteiger partial charge in [-0.05, 0) is 78.0 Å². The number of cyclic esters (lactones) is 1. The molecule has 64 heavy (non-hydrogen) atoms. The molecule has 4 aliphatic heterocycles. The van der Waals surface area contributed by atoms with Crippen LogP contribution in [0.1, 0.15) is 62.9 Å². The Morgan fingerprint density at radius 2 is 1.92 bits per heavy atom. The van der Waals surface area contributed by atoms with E-state index in [2.05, 4.69) is 77.2 Å². The van der Waals surface area contributed by atoms with Crippen LogP contribution in [0.4, 0.5) is 10.5 Å². The Labute approximate surface area is 381 Å². The third-order valence-electron chi connectivity index (χ3n) is 13.1. The smallest absolute Gasteiger partial charge is 0.324 e. The number of urea groups is 1. The van der Waals surface area contributed by atoms with Crippen LogP contribution in [0.25, 0.3) is 33.4 Å². The zero-order valence-corrected chi connectivity index (χ0v) is 39.6. The van der Waals surface area contributed by atoms with Crippen LogP contribution in [0, 0.1) is 5.41 Å². The predicted molar refractivity (Wildman–Crippen MR) is 249 cm³/mol. The van der Waals surface area contributed by atoms with Gasteiger partial charge < -0.3 is 43.7 Å². The molecule has 3 aromatic heterocycles. The first-order valence-corrected chi connectivity index (χ1v) is 23.7. The minimum atomic E-state index is -0.941. The van der Waals surface area contributed by atoms with E-state index in [1.54, 1.807) is 12.0 Å². The van der Waals surface area contributed by atoms with E-state index in [9.17, 15) is 14.4 Å². The molecule has 0 radical (unpaired) electrons. The van der Waals surface area contributed by atoms with Crippen LogP contribution in [0.5, 0.6) is 0 Å². The van der Waals surface area contributed by atoms with Crippen molar-refractivity contribution >= 4 is 45.8 Å². The number of nitrogens with zero attached hydrogens (tertiary/aromatic N) is 8. The SMILES string of the molecule is CCn1c(-c2cc(N3CCN(C)CC3)cnc2[C@H](C)OC)c2c3cc(ccc31)-c1csc(n1)C[C@H](NC(=O)N1CCOC[C@@H]1CN(C)C)C(=O)N1CCC[C@H](N1)C(=O)OCC(C)(C)C2. The molecule has 3 fully saturated rings. The van der Waals surface area contributed by atoms with E-state index >= 15 is 0 Å². The number of carbonyl (C=O) groups is 3. The van der Waals surface area contributed by atoms with Crippen molar-refractivity contribution in [2.24, 2.45) is 5.41 Å². The molecule has 0 spiro atoms. The number of amides is 3. The second-order valence-corrected chi connectivity index (χ2v) is 19.8. The lowest BCUT2D eigenvalue weighted by molar-refractivity contribution is -0.155. The molecule has 3 amide bonds. The van der Waals surface area contributed by atoms with Crippen molar-refractivity contribution in [2.45, 2.75) is 84.2 Å². The van der Waals surface area contributed by atoms with E-state index in [0.717, 1.165) is 76.5 Å². The minimum Gasteiger partial charge on any atom is -0.464 e. The van der Waals surface area contributed by atoms with Gasteiger partial charge >= 0.3 is 12.0 Å². The molecule has 7 heterocycles. The molecule has 17 heteroatoms. The number of benzene rings is 1. The lowest BCUT2D eigenvalue weighted by Gasteiger charge is -2.39. The average molecular weight is 899 g/mol. The van der Waals surface area contributed by atoms with E-state index < -0.39 is 23.5 Å². The van der Waals surface area contributed by atoms with Gasteiger partial charge in [0.25, 0.3) is 5.91 Å². The number of rotatable bonds is 8. The summed E-state index contributed by atoms with van der Waals surface area (Å²) in [5, 5.41) is 8.42. The molecule has 6 bridgehead atoms. The first-order chi connectivity index (χ1) is 30.7. The van der Waals surface area contributed by atoms with Crippen LogP contribution < -0.4 is 15.6 Å². The Kier molecular flexibility index (Phi) is 13.9. The summed E-state index contributed by atoms with van der Waals surface area (Å²) < 4.78 is 20.3. The molecule has 0 saturated carbocycles. The molecule has 1 aromatic carbocycles. The number of thiazole rings is 1. The van der Waals surface area contributed by atoms with Gasteiger partial charge in [0.15, 0.2) is 0 Å². The molecule has 0 unspecified atom stereocenters. The van der Waals surface area contributed by atoms with Crippen LogP contribution in [-0.2, 0) is 43.2 Å². The second-order valence-electron chi connectivity index (χ2n) is 18.9. The van der Waals surface area contributed by atoms with Crippen molar-refractivity contribution in [1.29, 1.82) is 0 Å². The normalized spacial score (nSPS) is 23.0. The summed E-state index contributed by atoms with van der Waals surface area (Å²) in [4.78, 5) is 61.3. The van der Waals surface area contributed by atoms with E-state index in [0.29, 0.717) is 63.7 Å². The average Bonchev–Trinajstić information content (AvgIpc) is 3.88. The number of nitrogens with one attached hydrogen (secondary N) is 2. The van der Waals surface area contributed by atoms with Gasteiger partial charge in [-0.25, -0.2) is 15.2 Å². The summed E-state index contributed by atoms with van der Waals surface area (Å²) in [6.07, 6.45) is 3.63. The maximum absolute atomic E-state index is 14.5. The van der Waals surface area contributed by atoms with Crippen molar-refractivity contribution in [3.05, 3.63) is 52.1 Å². The highest BCUT2D eigenvalue weighted by Gasteiger charge is 2.37. The number of hydrogen-bond donors (Lipinski definition) is 2. The molecule has 0 aliphatic carbocycles. The molecule has 4 aliphatic rings. The number of aromatic nitrogens is 3. The Hall–Kier alpha value is -4.65. The van der Waals surface area contributed by atoms with Crippen molar-refractivity contribution < 1.29 is 28.6 Å². The number of likely N-dealkylation sites (N-methyl/N-ethyl adjacent to an activating group) is 2. The van der Waals surface area contributed by atoms with Gasteiger partial charge in [0.1, 0.15) is 12.1 Å². The maximum atomic E-state index is 14.5. The highest BCUT2D eigenvalue weighted by molar-refractivity contribution is 7.10. The zero-order valence-electron chi connectivity index (χ0n) is 38.8. The van der Waals surface area contributed by atoms with Gasteiger partial charge in [0, 0.05) is 98.7 Å². The lowest BCUT2D eigenvalue weighted by atomic mass is 9.84. The highest BCUT2D eigenvalue weighted by atomic mass is 32.1. The fourth-order valence-corrected chi connectivity index (χ4v) is 10.4. The molecular formula is C47H66N10O6S. The zero-order chi connectivity index (χ0) is 45.3. The minimum absolute atomic E-state index is 0.165. The first-order valence-electron chi connectivity index (χ1n) is 22.8.